The Balaban J connectivity index is 1.27. The molecule has 132 valence electrons. The van der Waals surface area contributed by atoms with E-state index in [4.69, 9.17) is 9.47 Å². The zero-order chi connectivity index (χ0) is 17.1. The number of aliphatic hydroxyl groups is 1. The summed E-state index contributed by atoms with van der Waals surface area (Å²) in [6, 6.07) is 17.9. The number of para-hydroxylation sites is 2. The van der Waals surface area contributed by atoms with Crippen molar-refractivity contribution in [2.24, 2.45) is 0 Å². The van der Waals surface area contributed by atoms with Gasteiger partial charge in [0.15, 0.2) is 11.5 Å². The van der Waals surface area contributed by atoms with E-state index in [0.29, 0.717) is 6.61 Å². The molecule has 0 aromatic heterocycles. The number of nitrogens with zero attached hydrogens (tertiary/aromatic N) is 1. The summed E-state index contributed by atoms with van der Waals surface area (Å²) in [5.74, 6) is 1.68. The molecule has 1 N–H and O–H groups in total. The van der Waals surface area contributed by atoms with E-state index in [9.17, 15) is 5.11 Å². The van der Waals surface area contributed by atoms with Crippen LogP contribution in [0, 0.1) is 0 Å². The first-order chi connectivity index (χ1) is 12.2. The Morgan fingerprint density at radius 1 is 0.960 bits per heavy atom. The lowest BCUT2D eigenvalue weighted by Crippen LogP contribution is -2.44. The topological polar surface area (TPSA) is 41.9 Å². The fourth-order valence-corrected chi connectivity index (χ4v) is 3.72. The van der Waals surface area contributed by atoms with Crippen LogP contribution in [0.3, 0.4) is 0 Å². The summed E-state index contributed by atoms with van der Waals surface area (Å²) in [7, 11) is 0. The van der Waals surface area contributed by atoms with Crippen LogP contribution in [-0.2, 0) is 5.60 Å². The molecule has 0 bridgehead atoms. The van der Waals surface area contributed by atoms with E-state index in [1.807, 2.05) is 54.6 Å². The SMILES string of the molecule is OC1(c2ccccc2)CCN(CC[C@@H]2COc3ccccc3O2)CC1. The van der Waals surface area contributed by atoms with Crippen molar-refractivity contribution in [3.05, 3.63) is 60.2 Å². The van der Waals surface area contributed by atoms with Crippen molar-refractivity contribution in [3.63, 3.8) is 0 Å². The molecule has 0 unspecified atom stereocenters. The van der Waals surface area contributed by atoms with Crippen LogP contribution in [0.15, 0.2) is 54.6 Å². The predicted octanol–water partition coefficient (Wildman–Crippen LogP) is 3.20. The smallest absolute Gasteiger partial charge is 0.161 e. The molecule has 1 atom stereocenters. The van der Waals surface area contributed by atoms with Crippen LogP contribution in [0.2, 0.25) is 0 Å². The molecule has 25 heavy (non-hydrogen) atoms. The summed E-state index contributed by atoms with van der Waals surface area (Å²) in [5, 5.41) is 10.9. The summed E-state index contributed by atoms with van der Waals surface area (Å²) in [6.07, 6.45) is 2.60. The number of piperidine rings is 1. The molecule has 4 heteroatoms. The normalized spacial score (nSPS) is 22.5. The number of ether oxygens (including phenoxy) is 2. The number of rotatable bonds is 4. The first kappa shape index (κ1) is 16.4. The average molecular weight is 339 g/mol. The third-order valence-electron chi connectivity index (χ3n) is 5.33. The van der Waals surface area contributed by atoms with Crippen molar-refractivity contribution >= 4 is 0 Å². The molecule has 2 aromatic rings. The van der Waals surface area contributed by atoms with Gasteiger partial charge in [0.1, 0.15) is 12.7 Å². The quantitative estimate of drug-likeness (QED) is 0.929. The highest BCUT2D eigenvalue weighted by molar-refractivity contribution is 5.40. The lowest BCUT2D eigenvalue weighted by molar-refractivity contribution is -0.0289. The summed E-state index contributed by atoms with van der Waals surface area (Å²) >= 11 is 0. The molecule has 0 amide bonds. The zero-order valence-electron chi connectivity index (χ0n) is 14.4. The molecule has 1 fully saturated rings. The first-order valence-electron chi connectivity index (χ1n) is 9.12. The molecular formula is C21H25NO3. The molecule has 2 aromatic carbocycles. The second-order valence-corrected chi connectivity index (χ2v) is 7.03. The molecule has 4 rings (SSSR count). The van der Waals surface area contributed by atoms with Gasteiger partial charge in [-0.05, 0) is 30.5 Å². The van der Waals surface area contributed by atoms with Crippen molar-refractivity contribution in [1.29, 1.82) is 0 Å². The van der Waals surface area contributed by atoms with Gasteiger partial charge in [-0.1, -0.05) is 42.5 Å². The minimum absolute atomic E-state index is 0.102. The maximum atomic E-state index is 10.9. The highest BCUT2D eigenvalue weighted by atomic mass is 16.6. The van der Waals surface area contributed by atoms with E-state index in [0.717, 1.165) is 56.0 Å². The van der Waals surface area contributed by atoms with Gasteiger partial charge in [0, 0.05) is 26.1 Å². The van der Waals surface area contributed by atoms with E-state index in [1.165, 1.54) is 0 Å². The first-order valence-corrected chi connectivity index (χ1v) is 9.12. The summed E-state index contributed by atoms with van der Waals surface area (Å²) in [4.78, 5) is 2.42. The summed E-state index contributed by atoms with van der Waals surface area (Å²) in [5.41, 5.74) is 0.358. The van der Waals surface area contributed by atoms with Gasteiger partial charge in [-0.25, -0.2) is 0 Å². The van der Waals surface area contributed by atoms with Gasteiger partial charge in [-0.2, -0.15) is 0 Å². The van der Waals surface area contributed by atoms with Gasteiger partial charge in [0.2, 0.25) is 0 Å². The number of hydrogen-bond acceptors (Lipinski definition) is 4. The van der Waals surface area contributed by atoms with Gasteiger partial charge in [0.25, 0.3) is 0 Å². The molecule has 0 saturated carbocycles. The van der Waals surface area contributed by atoms with Crippen LogP contribution in [0.1, 0.15) is 24.8 Å². The Morgan fingerprint density at radius 2 is 1.64 bits per heavy atom. The molecule has 2 aliphatic rings. The van der Waals surface area contributed by atoms with Crippen LogP contribution >= 0.6 is 0 Å². The fourth-order valence-electron chi connectivity index (χ4n) is 3.72. The Morgan fingerprint density at radius 3 is 2.40 bits per heavy atom. The molecule has 0 spiro atoms. The minimum Gasteiger partial charge on any atom is -0.486 e. The Labute approximate surface area is 149 Å². The number of fused-ring (bicyclic) bond motifs is 1. The van der Waals surface area contributed by atoms with Crippen LogP contribution in [0.25, 0.3) is 0 Å². The lowest BCUT2D eigenvalue weighted by atomic mass is 9.84. The monoisotopic (exact) mass is 339 g/mol. The van der Waals surface area contributed by atoms with Crippen molar-refractivity contribution in [1.82, 2.24) is 4.90 Å². The largest absolute Gasteiger partial charge is 0.486 e. The highest BCUT2D eigenvalue weighted by Crippen LogP contribution is 2.34. The predicted molar refractivity (Wildman–Crippen MR) is 97.0 cm³/mol. The third-order valence-corrected chi connectivity index (χ3v) is 5.33. The molecule has 2 aliphatic heterocycles. The summed E-state index contributed by atoms with van der Waals surface area (Å²) in [6.45, 7) is 3.41. The van der Waals surface area contributed by atoms with E-state index in [1.54, 1.807) is 0 Å². The summed E-state index contributed by atoms with van der Waals surface area (Å²) < 4.78 is 11.8. The van der Waals surface area contributed by atoms with E-state index in [2.05, 4.69) is 4.90 Å². The highest BCUT2D eigenvalue weighted by Gasteiger charge is 2.34. The van der Waals surface area contributed by atoms with Gasteiger partial charge in [-0.3, -0.25) is 0 Å². The van der Waals surface area contributed by atoms with Gasteiger partial charge < -0.3 is 19.5 Å². The molecule has 0 aliphatic carbocycles. The second kappa shape index (κ2) is 7.06. The molecule has 0 radical (unpaired) electrons. The third kappa shape index (κ3) is 3.65. The van der Waals surface area contributed by atoms with E-state index >= 15 is 0 Å². The van der Waals surface area contributed by atoms with Crippen LogP contribution in [0.5, 0.6) is 11.5 Å². The minimum atomic E-state index is -0.679. The maximum Gasteiger partial charge on any atom is 0.161 e. The van der Waals surface area contributed by atoms with Crippen molar-refractivity contribution < 1.29 is 14.6 Å². The maximum absolute atomic E-state index is 10.9. The number of likely N-dealkylation sites (tertiary alicyclic amines) is 1. The lowest BCUT2D eigenvalue weighted by Gasteiger charge is -2.39. The van der Waals surface area contributed by atoms with E-state index in [-0.39, 0.29) is 6.10 Å². The molecule has 2 heterocycles. The fraction of sp³-hybridized carbons (Fsp3) is 0.429. The standard InChI is InChI=1S/C21H25NO3/c23-21(17-6-2-1-3-7-17)11-14-22(15-12-21)13-10-18-16-24-19-8-4-5-9-20(19)25-18/h1-9,18,23H,10-16H2/t18-/m1/s1. The van der Waals surface area contributed by atoms with Crippen molar-refractivity contribution in [2.45, 2.75) is 31.0 Å². The molecule has 4 nitrogen and oxygen atoms in total. The van der Waals surface area contributed by atoms with E-state index < -0.39 is 5.60 Å². The Bertz CT molecular complexity index is 695. The average Bonchev–Trinajstić information content (AvgIpc) is 2.68. The van der Waals surface area contributed by atoms with Gasteiger partial charge >= 0.3 is 0 Å². The van der Waals surface area contributed by atoms with Gasteiger partial charge in [0.05, 0.1) is 5.60 Å². The zero-order valence-corrected chi connectivity index (χ0v) is 14.4. The van der Waals surface area contributed by atoms with Crippen molar-refractivity contribution in [2.75, 3.05) is 26.2 Å². The van der Waals surface area contributed by atoms with Crippen LogP contribution < -0.4 is 9.47 Å². The number of hydrogen-bond donors (Lipinski definition) is 1. The second-order valence-electron chi connectivity index (χ2n) is 7.03. The van der Waals surface area contributed by atoms with Gasteiger partial charge in [-0.15, -0.1) is 0 Å². The van der Waals surface area contributed by atoms with Crippen LogP contribution in [0.4, 0.5) is 0 Å². The van der Waals surface area contributed by atoms with Crippen molar-refractivity contribution in [3.8, 4) is 11.5 Å². The molecule has 1 saturated heterocycles. The molecular weight excluding hydrogens is 314 g/mol. The Kier molecular flexibility index (Phi) is 4.64. The number of benzene rings is 2. The Hall–Kier alpha value is -2.04. The van der Waals surface area contributed by atoms with Crippen LogP contribution in [-0.4, -0.2) is 42.4 Å².